The first-order valence-corrected chi connectivity index (χ1v) is 6.82. The number of carbonyl (C=O) groups excluding carboxylic acids is 1. The van der Waals surface area contributed by atoms with Crippen molar-refractivity contribution in [3.8, 4) is 5.75 Å². The molecule has 0 amide bonds. The summed E-state index contributed by atoms with van der Waals surface area (Å²) in [4.78, 5) is 9.92. The summed E-state index contributed by atoms with van der Waals surface area (Å²) >= 11 is 0. The lowest BCUT2D eigenvalue weighted by Gasteiger charge is -2.12. The molecule has 4 nitrogen and oxygen atoms in total. The second-order valence-electron chi connectivity index (χ2n) is 3.84. The molecule has 1 rings (SSSR count). The molecule has 0 spiro atoms. The third kappa shape index (κ3) is 2.84. The van der Waals surface area contributed by atoms with E-state index in [-0.39, 0.29) is 17.8 Å². The van der Waals surface area contributed by atoms with Crippen LogP contribution in [0.5, 0.6) is 5.75 Å². The van der Waals surface area contributed by atoms with E-state index in [9.17, 15) is 22.0 Å². The molecule has 0 aliphatic heterocycles. The highest BCUT2D eigenvalue weighted by Crippen LogP contribution is 2.31. The number of hydrogen-bond acceptors (Lipinski definition) is 4. The molecule has 0 heterocycles. The smallest absolute Gasteiger partial charge is 0.186 e. The van der Waals surface area contributed by atoms with Gasteiger partial charge in [-0.05, 0) is 13.0 Å². The van der Waals surface area contributed by atoms with Gasteiger partial charge in [-0.1, -0.05) is 0 Å². The highest BCUT2D eigenvalue weighted by Gasteiger charge is 2.26. The van der Waals surface area contributed by atoms with Crippen molar-refractivity contribution in [2.24, 2.45) is 0 Å². The number of benzene rings is 1. The normalized spacial score (nSPS) is 11.4. The van der Waals surface area contributed by atoms with Crippen LogP contribution >= 0.6 is 0 Å². The number of Topliss-reactive ketones (excluding diaryl/α,β-unsaturated/α-hetero) is 1. The number of sulfone groups is 1. The Balaban J connectivity index is 3.60. The Labute approximate surface area is 103 Å². The fourth-order valence-electron chi connectivity index (χ4n) is 1.59. The maximum atomic E-state index is 13.9. The standard InChI is InChI=1S/C11H12F2O4S/c1-6(14)4-7-5-8(12)11(18(3,15)16)9(13)10(7)17-2/h5H,4H2,1-3H3. The van der Waals surface area contributed by atoms with Crippen molar-refractivity contribution < 1.29 is 26.7 Å². The summed E-state index contributed by atoms with van der Waals surface area (Å²) in [6.45, 7) is 1.25. The molecular weight excluding hydrogens is 266 g/mol. The zero-order valence-corrected chi connectivity index (χ0v) is 10.9. The Kier molecular flexibility index (Phi) is 4.05. The summed E-state index contributed by atoms with van der Waals surface area (Å²) in [6, 6.07) is 0.805. The van der Waals surface area contributed by atoms with Crippen LogP contribution < -0.4 is 4.74 Å². The molecular formula is C11H12F2O4S. The van der Waals surface area contributed by atoms with Gasteiger partial charge in [-0.15, -0.1) is 0 Å². The maximum Gasteiger partial charge on any atom is 0.186 e. The van der Waals surface area contributed by atoms with E-state index in [2.05, 4.69) is 0 Å². The lowest BCUT2D eigenvalue weighted by Crippen LogP contribution is -2.10. The molecule has 100 valence electrons. The zero-order chi connectivity index (χ0) is 14.1. The average molecular weight is 278 g/mol. The number of ether oxygens (including phenoxy) is 1. The maximum absolute atomic E-state index is 13.9. The minimum atomic E-state index is -4.06. The Hall–Kier alpha value is -1.50. The van der Waals surface area contributed by atoms with E-state index >= 15 is 0 Å². The summed E-state index contributed by atoms with van der Waals surface area (Å²) < 4.78 is 54.7. The summed E-state index contributed by atoms with van der Waals surface area (Å²) in [5.41, 5.74) is -0.0209. The summed E-state index contributed by atoms with van der Waals surface area (Å²) in [7, 11) is -2.94. The Morgan fingerprint density at radius 2 is 1.94 bits per heavy atom. The van der Waals surface area contributed by atoms with Gasteiger partial charge in [0, 0.05) is 18.2 Å². The second-order valence-corrected chi connectivity index (χ2v) is 5.80. The summed E-state index contributed by atoms with van der Waals surface area (Å²) in [5.74, 6) is -3.28. The van der Waals surface area contributed by atoms with Gasteiger partial charge >= 0.3 is 0 Å². The summed E-state index contributed by atoms with van der Waals surface area (Å²) in [5, 5.41) is 0. The molecule has 0 radical (unpaired) electrons. The second kappa shape index (κ2) is 5.01. The molecule has 0 aromatic heterocycles. The van der Waals surface area contributed by atoms with Gasteiger partial charge < -0.3 is 4.74 Å². The first-order chi connectivity index (χ1) is 8.18. The first kappa shape index (κ1) is 14.6. The molecule has 0 saturated carbocycles. The lowest BCUT2D eigenvalue weighted by atomic mass is 10.1. The first-order valence-electron chi connectivity index (χ1n) is 4.92. The topological polar surface area (TPSA) is 60.4 Å². The van der Waals surface area contributed by atoms with E-state index in [1.54, 1.807) is 0 Å². The minimum Gasteiger partial charge on any atom is -0.493 e. The van der Waals surface area contributed by atoms with Gasteiger partial charge in [-0.25, -0.2) is 17.2 Å². The van der Waals surface area contributed by atoms with Crippen LogP contribution in [-0.4, -0.2) is 27.6 Å². The zero-order valence-electron chi connectivity index (χ0n) is 10.1. The highest BCUT2D eigenvalue weighted by atomic mass is 32.2. The van der Waals surface area contributed by atoms with Gasteiger partial charge in [0.25, 0.3) is 0 Å². The highest BCUT2D eigenvalue weighted by molar-refractivity contribution is 7.90. The molecule has 0 bridgehead atoms. The predicted molar refractivity (Wildman–Crippen MR) is 60.4 cm³/mol. The van der Waals surface area contributed by atoms with Gasteiger partial charge in [0.1, 0.15) is 16.5 Å². The fraction of sp³-hybridized carbons (Fsp3) is 0.364. The van der Waals surface area contributed by atoms with Crippen LogP contribution in [0.3, 0.4) is 0 Å². The number of methoxy groups -OCH3 is 1. The Morgan fingerprint density at radius 1 is 1.39 bits per heavy atom. The fourth-order valence-corrected chi connectivity index (χ4v) is 2.42. The SMILES string of the molecule is COc1c(CC(C)=O)cc(F)c(S(C)(=O)=O)c1F. The molecule has 0 unspecified atom stereocenters. The molecule has 7 heteroatoms. The van der Waals surface area contributed by atoms with Crippen LogP contribution in [-0.2, 0) is 21.1 Å². The van der Waals surface area contributed by atoms with Crippen molar-refractivity contribution in [1.82, 2.24) is 0 Å². The van der Waals surface area contributed by atoms with E-state index in [4.69, 9.17) is 4.74 Å². The third-order valence-corrected chi connectivity index (χ3v) is 3.34. The Bertz CT molecular complexity index is 594. The van der Waals surface area contributed by atoms with Gasteiger partial charge in [-0.3, -0.25) is 4.79 Å². The number of carbonyl (C=O) groups is 1. The molecule has 0 saturated heterocycles. The van der Waals surface area contributed by atoms with Crippen molar-refractivity contribution in [2.75, 3.05) is 13.4 Å². The number of rotatable bonds is 4. The monoisotopic (exact) mass is 278 g/mol. The average Bonchev–Trinajstić information content (AvgIpc) is 2.13. The lowest BCUT2D eigenvalue weighted by molar-refractivity contribution is -0.116. The van der Waals surface area contributed by atoms with Crippen molar-refractivity contribution in [3.05, 3.63) is 23.3 Å². The van der Waals surface area contributed by atoms with E-state index < -0.39 is 32.1 Å². The summed E-state index contributed by atoms with van der Waals surface area (Å²) in [6.07, 6.45) is 0.458. The molecule has 0 N–H and O–H groups in total. The van der Waals surface area contributed by atoms with Crippen LogP contribution in [0.25, 0.3) is 0 Å². The van der Waals surface area contributed by atoms with Crippen LogP contribution in [0.2, 0.25) is 0 Å². The van der Waals surface area contributed by atoms with Gasteiger partial charge in [0.2, 0.25) is 0 Å². The Morgan fingerprint density at radius 3 is 2.33 bits per heavy atom. The van der Waals surface area contributed by atoms with Crippen molar-refractivity contribution in [2.45, 2.75) is 18.2 Å². The largest absolute Gasteiger partial charge is 0.493 e. The predicted octanol–water partition coefficient (Wildman–Crippen LogP) is 1.51. The van der Waals surface area contributed by atoms with Gasteiger partial charge in [0.15, 0.2) is 21.4 Å². The number of halogens is 2. The van der Waals surface area contributed by atoms with E-state index in [1.807, 2.05) is 0 Å². The molecule has 18 heavy (non-hydrogen) atoms. The van der Waals surface area contributed by atoms with Crippen molar-refractivity contribution in [1.29, 1.82) is 0 Å². The molecule has 1 aromatic rings. The molecule has 0 atom stereocenters. The van der Waals surface area contributed by atoms with Crippen LogP contribution in [0.15, 0.2) is 11.0 Å². The van der Waals surface area contributed by atoms with Crippen LogP contribution in [0, 0.1) is 11.6 Å². The van der Waals surface area contributed by atoms with Crippen molar-refractivity contribution in [3.63, 3.8) is 0 Å². The van der Waals surface area contributed by atoms with Crippen LogP contribution in [0.1, 0.15) is 12.5 Å². The molecule has 0 fully saturated rings. The van der Waals surface area contributed by atoms with E-state index in [0.29, 0.717) is 6.26 Å². The number of ketones is 1. The number of hydrogen-bond donors (Lipinski definition) is 0. The van der Waals surface area contributed by atoms with Crippen molar-refractivity contribution >= 4 is 15.6 Å². The minimum absolute atomic E-state index is 0.0209. The molecule has 1 aromatic carbocycles. The van der Waals surface area contributed by atoms with E-state index in [1.165, 1.54) is 6.92 Å². The quantitative estimate of drug-likeness (QED) is 0.837. The molecule has 0 aliphatic rings. The van der Waals surface area contributed by atoms with Gasteiger partial charge in [0.05, 0.1) is 7.11 Å². The van der Waals surface area contributed by atoms with E-state index in [0.717, 1.165) is 13.2 Å². The molecule has 0 aliphatic carbocycles. The van der Waals surface area contributed by atoms with Gasteiger partial charge in [-0.2, -0.15) is 0 Å². The van der Waals surface area contributed by atoms with Crippen LogP contribution in [0.4, 0.5) is 8.78 Å². The third-order valence-electron chi connectivity index (χ3n) is 2.22.